The molecule has 0 N–H and O–H groups in total. The molecule has 166 valence electrons. The molecule has 0 fully saturated rings. The van der Waals surface area contributed by atoms with Gasteiger partial charge in [-0.3, -0.25) is 14.6 Å². The lowest BCUT2D eigenvalue weighted by Gasteiger charge is -2.11. The summed E-state index contributed by atoms with van der Waals surface area (Å²) >= 11 is 0. The number of pyridine rings is 1. The van der Waals surface area contributed by atoms with E-state index in [4.69, 9.17) is 23.7 Å². The van der Waals surface area contributed by atoms with Crippen molar-refractivity contribution in [1.82, 2.24) is 4.98 Å². The predicted octanol–water partition coefficient (Wildman–Crippen LogP) is 3.73. The Labute approximate surface area is 181 Å². The van der Waals surface area contributed by atoms with Crippen LogP contribution >= 0.6 is 0 Å². The highest BCUT2D eigenvalue weighted by molar-refractivity contribution is 6.08. The molecule has 2 rings (SSSR count). The van der Waals surface area contributed by atoms with Crippen LogP contribution in [0.5, 0.6) is 23.0 Å². The molecule has 8 nitrogen and oxygen atoms in total. The zero-order valence-corrected chi connectivity index (χ0v) is 18.2. The first-order valence-corrected chi connectivity index (χ1v) is 9.79. The van der Waals surface area contributed by atoms with E-state index in [1.54, 1.807) is 37.3 Å². The maximum absolute atomic E-state index is 12.7. The number of rotatable bonds is 12. The van der Waals surface area contributed by atoms with E-state index in [0.717, 1.165) is 0 Å². The van der Waals surface area contributed by atoms with Gasteiger partial charge in [0.15, 0.2) is 17.3 Å². The fraction of sp³-hybridized carbons (Fsp3) is 0.348. The monoisotopic (exact) mass is 429 g/mol. The van der Waals surface area contributed by atoms with Gasteiger partial charge in [0.25, 0.3) is 0 Å². The normalized spacial score (nSPS) is 10.6. The number of esters is 1. The number of ether oxygens (including phenoxy) is 5. The van der Waals surface area contributed by atoms with E-state index in [0.29, 0.717) is 53.9 Å². The summed E-state index contributed by atoms with van der Waals surface area (Å²) in [5.74, 6) is 1.40. The smallest absolute Gasteiger partial charge is 0.305 e. The zero-order chi connectivity index (χ0) is 22.6. The molecule has 0 aliphatic carbocycles. The van der Waals surface area contributed by atoms with Crippen LogP contribution in [0.4, 0.5) is 0 Å². The number of allylic oxidation sites excluding steroid dienone is 1. The molecule has 31 heavy (non-hydrogen) atoms. The molecule has 1 aromatic carbocycles. The van der Waals surface area contributed by atoms with E-state index in [9.17, 15) is 9.59 Å². The lowest BCUT2D eigenvalue weighted by atomic mass is 10.1. The van der Waals surface area contributed by atoms with Gasteiger partial charge in [0.2, 0.25) is 0 Å². The van der Waals surface area contributed by atoms with Crippen molar-refractivity contribution >= 4 is 17.8 Å². The fourth-order valence-corrected chi connectivity index (χ4v) is 2.69. The lowest BCUT2D eigenvalue weighted by molar-refractivity contribution is -0.143. The van der Waals surface area contributed by atoms with Gasteiger partial charge in [0.1, 0.15) is 11.5 Å². The van der Waals surface area contributed by atoms with Crippen molar-refractivity contribution < 1.29 is 33.3 Å². The van der Waals surface area contributed by atoms with Crippen molar-refractivity contribution in [3.63, 3.8) is 0 Å². The Morgan fingerprint density at radius 3 is 2.45 bits per heavy atom. The molecular weight excluding hydrogens is 402 g/mol. The molecule has 0 saturated carbocycles. The second-order valence-electron chi connectivity index (χ2n) is 6.28. The van der Waals surface area contributed by atoms with Crippen LogP contribution in [-0.4, -0.2) is 51.3 Å². The predicted molar refractivity (Wildman–Crippen MR) is 115 cm³/mol. The molecule has 1 heterocycles. The molecule has 2 aromatic rings. The molecule has 0 spiro atoms. The second-order valence-corrected chi connectivity index (χ2v) is 6.28. The minimum absolute atomic E-state index is 0.259. The summed E-state index contributed by atoms with van der Waals surface area (Å²) in [6.45, 7) is 2.43. The molecule has 0 amide bonds. The summed E-state index contributed by atoms with van der Waals surface area (Å²) < 4.78 is 26.3. The van der Waals surface area contributed by atoms with Crippen molar-refractivity contribution in [2.45, 2.75) is 19.8 Å². The molecule has 0 atom stereocenters. The number of ketones is 1. The Hall–Kier alpha value is -3.55. The average molecular weight is 429 g/mol. The van der Waals surface area contributed by atoms with E-state index in [-0.39, 0.29) is 18.2 Å². The average Bonchev–Trinajstić information content (AvgIpc) is 2.80. The number of benzene rings is 1. The van der Waals surface area contributed by atoms with Crippen LogP contribution in [0.15, 0.2) is 36.5 Å². The van der Waals surface area contributed by atoms with E-state index >= 15 is 0 Å². The topological polar surface area (TPSA) is 93.2 Å². The molecule has 1 aromatic heterocycles. The highest BCUT2D eigenvalue weighted by atomic mass is 16.5. The molecule has 0 saturated heterocycles. The van der Waals surface area contributed by atoms with Crippen molar-refractivity contribution in [1.29, 1.82) is 0 Å². The minimum atomic E-state index is -0.261. The van der Waals surface area contributed by atoms with Gasteiger partial charge in [0.05, 0.1) is 52.0 Å². The third kappa shape index (κ3) is 7.02. The number of methoxy groups -OCH3 is 3. The van der Waals surface area contributed by atoms with E-state index < -0.39 is 0 Å². The summed E-state index contributed by atoms with van der Waals surface area (Å²) in [4.78, 5) is 28.3. The number of carbonyl (C=O) groups excluding carboxylic acids is 2. The quantitative estimate of drug-likeness (QED) is 0.218. The van der Waals surface area contributed by atoms with E-state index in [1.165, 1.54) is 33.6 Å². The van der Waals surface area contributed by atoms with Gasteiger partial charge in [0, 0.05) is 12.5 Å². The van der Waals surface area contributed by atoms with E-state index in [2.05, 4.69) is 4.98 Å². The van der Waals surface area contributed by atoms with Crippen LogP contribution in [0.3, 0.4) is 0 Å². The maximum atomic E-state index is 12.7. The SMILES string of the molecule is CCOC(=O)CCCOc1cc(/C=C/C(=O)c2cc(OC)ccc2OC)ncc1OC. The van der Waals surface area contributed by atoms with Gasteiger partial charge in [-0.25, -0.2) is 0 Å². The Balaban J connectivity index is 2.09. The summed E-state index contributed by atoms with van der Waals surface area (Å²) in [5.41, 5.74) is 0.887. The summed E-state index contributed by atoms with van der Waals surface area (Å²) in [5, 5.41) is 0. The van der Waals surface area contributed by atoms with Crippen molar-refractivity contribution in [2.75, 3.05) is 34.5 Å². The van der Waals surface area contributed by atoms with Crippen LogP contribution in [0.2, 0.25) is 0 Å². The fourth-order valence-electron chi connectivity index (χ4n) is 2.69. The third-order valence-corrected chi connectivity index (χ3v) is 4.24. The number of hydrogen-bond acceptors (Lipinski definition) is 8. The van der Waals surface area contributed by atoms with Crippen LogP contribution in [0.25, 0.3) is 6.08 Å². The zero-order valence-electron chi connectivity index (χ0n) is 18.2. The lowest BCUT2D eigenvalue weighted by Crippen LogP contribution is -2.07. The molecule has 0 aliphatic heterocycles. The van der Waals surface area contributed by atoms with Crippen LogP contribution in [0.1, 0.15) is 35.8 Å². The molecule has 0 aliphatic rings. The highest BCUT2D eigenvalue weighted by Gasteiger charge is 2.12. The van der Waals surface area contributed by atoms with Gasteiger partial charge in [-0.05, 0) is 43.7 Å². The molecule has 0 bridgehead atoms. The molecule has 0 radical (unpaired) electrons. The first-order valence-electron chi connectivity index (χ1n) is 9.79. The number of carbonyl (C=O) groups is 2. The minimum Gasteiger partial charge on any atom is -0.497 e. The molecular formula is C23H27NO7. The standard InChI is InChI=1S/C23H27NO7/c1-5-30-23(26)7-6-12-31-21-13-16(24-15-22(21)29-4)8-10-19(25)18-14-17(27-2)9-11-20(18)28-3/h8-11,13-15H,5-7,12H2,1-4H3/b10-8+. The van der Waals surface area contributed by atoms with Crippen molar-refractivity contribution in [3.05, 3.63) is 47.8 Å². The Morgan fingerprint density at radius 1 is 1.00 bits per heavy atom. The van der Waals surface area contributed by atoms with Crippen LogP contribution < -0.4 is 18.9 Å². The number of aromatic nitrogens is 1. The Kier molecular flexibility index (Phi) is 9.35. The van der Waals surface area contributed by atoms with Crippen LogP contribution in [0, 0.1) is 0 Å². The Bertz CT molecular complexity index is 924. The van der Waals surface area contributed by atoms with E-state index in [1.807, 2.05) is 0 Å². The summed E-state index contributed by atoms with van der Waals surface area (Å²) in [7, 11) is 4.54. The molecule has 0 unspecified atom stereocenters. The number of nitrogens with zero attached hydrogens (tertiary/aromatic N) is 1. The maximum Gasteiger partial charge on any atom is 0.305 e. The largest absolute Gasteiger partial charge is 0.497 e. The summed E-state index contributed by atoms with van der Waals surface area (Å²) in [6, 6.07) is 6.67. The first-order chi connectivity index (χ1) is 15.0. The van der Waals surface area contributed by atoms with Crippen molar-refractivity contribution in [3.8, 4) is 23.0 Å². The van der Waals surface area contributed by atoms with Gasteiger partial charge in [-0.15, -0.1) is 0 Å². The molecule has 8 heteroatoms. The van der Waals surface area contributed by atoms with Gasteiger partial charge < -0.3 is 23.7 Å². The van der Waals surface area contributed by atoms with Gasteiger partial charge in [-0.2, -0.15) is 0 Å². The first kappa shape index (κ1) is 23.7. The van der Waals surface area contributed by atoms with Crippen LogP contribution in [-0.2, 0) is 9.53 Å². The second kappa shape index (κ2) is 12.2. The van der Waals surface area contributed by atoms with Crippen molar-refractivity contribution in [2.24, 2.45) is 0 Å². The van der Waals surface area contributed by atoms with Gasteiger partial charge >= 0.3 is 5.97 Å². The number of hydrogen-bond donors (Lipinski definition) is 0. The third-order valence-electron chi connectivity index (χ3n) is 4.24. The summed E-state index contributed by atoms with van der Waals surface area (Å²) in [6.07, 6.45) is 5.26. The highest BCUT2D eigenvalue weighted by Crippen LogP contribution is 2.28. The Morgan fingerprint density at radius 2 is 1.77 bits per heavy atom. The van der Waals surface area contributed by atoms with Gasteiger partial charge in [-0.1, -0.05) is 0 Å².